The van der Waals surface area contributed by atoms with Crippen molar-refractivity contribution in [1.82, 2.24) is 14.9 Å². The predicted molar refractivity (Wildman–Crippen MR) is 53.8 cm³/mol. The smallest absolute Gasteiger partial charge is 0.122 e. The Bertz CT molecular complexity index is 285. The van der Waals surface area contributed by atoms with Crippen LogP contribution in [0, 0.1) is 0 Å². The van der Waals surface area contributed by atoms with Crippen molar-refractivity contribution in [2.24, 2.45) is 7.05 Å². The van der Waals surface area contributed by atoms with Gasteiger partial charge in [-0.1, -0.05) is 0 Å². The highest BCUT2D eigenvalue weighted by Gasteiger charge is 1.97. The van der Waals surface area contributed by atoms with Gasteiger partial charge in [-0.3, -0.25) is 4.21 Å². The van der Waals surface area contributed by atoms with E-state index in [0.717, 1.165) is 18.9 Å². The molecule has 0 spiro atoms. The van der Waals surface area contributed by atoms with E-state index in [1.54, 1.807) is 12.5 Å². The van der Waals surface area contributed by atoms with Crippen LogP contribution in [-0.4, -0.2) is 32.3 Å². The van der Waals surface area contributed by atoms with Crippen LogP contribution in [0.4, 0.5) is 0 Å². The first-order chi connectivity index (χ1) is 6.20. The molecule has 0 saturated heterocycles. The quantitative estimate of drug-likeness (QED) is 0.676. The SMILES string of the molecule is Cn1ccnc1CNCCS(C)=O. The molecule has 1 N–H and O–H groups in total. The molecule has 1 aromatic heterocycles. The standard InChI is InChI=1S/C8H15N3OS/c1-11-5-3-10-8(11)7-9-4-6-13(2)12/h3,5,9H,4,6-7H2,1-2H3. The van der Waals surface area contributed by atoms with E-state index in [2.05, 4.69) is 10.3 Å². The second-order valence-corrected chi connectivity index (χ2v) is 4.46. The second kappa shape index (κ2) is 5.14. The molecule has 0 aliphatic heterocycles. The molecular weight excluding hydrogens is 186 g/mol. The molecule has 0 radical (unpaired) electrons. The summed E-state index contributed by atoms with van der Waals surface area (Å²) in [5.41, 5.74) is 0. The molecule has 0 aliphatic carbocycles. The van der Waals surface area contributed by atoms with Gasteiger partial charge in [-0.05, 0) is 0 Å². The van der Waals surface area contributed by atoms with Crippen LogP contribution in [0.25, 0.3) is 0 Å². The fourth-order valence-corrected chi connectivity index (χ4v) is 1.41. The minimum absolute atomic E-state index is 0.699. The number of imidazole rings is 1. The summed E-state index contributed by atoms with van der Waals surface area (Å²) in [7, 11) is 1.25. The maximum atomic E-state index is 10.7. The molecule has 5 heteroatoms. The Morgan fingerprint density at radius 3 is 3.00 bits per heavy atom. The van der Waals surface area contributed by atoms with E-state index in [1.165, 1.54) is 0 Å². The van der Waals surface area contributed by atoms with Gasteiger partial charge in [0, 0.05) is 48.8 Å². The third-order valence-corrected chi connectivity index (χ3v) is 2.55. The Kier molecular flexibility index (Phi) is 4.11. The van der Waals surface area contributed by atoms with Gasteiger partial charge in [0.2, 0.25) is 0 Å². The Labute approximate surface area is 80.8 Å². The van der Waals surface area contributed by atoms with E-state index >= 15 is 0 Å². The van der Waals surface area contributed by atoms with Gasteiger partial charge in [0.1, 0.15) is 5.82 Å². The van der Waals surface area contributed by atoms with Crippen LogP contribution in [0.15, 0.2) is 12.4 Å². The van der Waals surface area contributed by atoms with Gasteiger partial charge >= 0.3 is 0 Å². The molecule has 0 saturated carbocycles. The Hall–Kier alpha value is -0.680. The molecule has 0 bridgehead atoms. The van der Waals surface area contributed by atoms with E-state index in [0.29, 0.717) is 5.75 Å². The lowest BCUT2D eigenvalue weighted by molar-refractivity contribution is 0.653. The number of rotatable bonds is 5. The Morgan fingerprint density at radius 1 is 1.69 bits per heavy atom. The average Bonchev–Trinajstić information content (AvgIpc) is 2.45. The van der Waals surface area contributed by atoms with Gasteiger partial charge in [0.05, 0.1) is 6.54 Å². The van der Waals surface area contributed by atoms with Crippen molar-refractivity contribution in [3.8, 4) is 0 Å². The molecule has 1 unspecified atom stereocenters. The highest BCUT2D eigenvalue weighted by molar-refractivity contribution is 7.84. The second-order valence-electron chi connectivity index (χ2n) is 2.91. The summed E-state index contributed by atoms with van der Waals surface area (Å²) in [5, 5.41) is 3.18. The fraction of sp³-hybridized carbons (Fsp3) is 0.625. The van der Waals surface area contributed by atoms with Crippen LogP contribution >= 0.6 is 0 Å². The van der Waals surface area contributed by atoms with E-state index < -0.39 is 10.8 Å². The normalized spacial score (nSPS) is 13.1. The summed E-state index contributed by atoms with van der Waals surface area (Å²) < 4.78 is 12.7. The number of nitrogens with one attached hydrogen (secondary N) is 1. The third kappa shape index (κ3) is 3.69. The lowest BCUT2D eigenvalue weighted by Crippen LogP contribution is -2.21. The van der Waals surface area contributed by atoms with E-state index in [9.17, 15) is 4.21 Å². The minimum atomic E-state index is -0.709. The number of hydrogen-bond donors (Lipinski definition) is 1. The highest BCUT2D eigenvalue weighted by Crippen LogP contribution is 1.92. The van der Waals surface area contributed by atoms with Crippen molar-refractivity contribution in [3.05, 3.63) is 18.2 Å². The molecule has 0 aromatic carbocycles. The summed E-state index contributed by atoms with van der Waals surface area (Å²) in [5.74, 6) is 1.70. The lowest BCUT2D eigenvalue weighted by atomic mass is 10.5. The summed E-state index contributed by atoms with van der Waals surface area (Å²) in [6.07, 6.45) is 5.40. The molecule has 1 rings (SSSR count). The molecule has 74 valence electrons. The van der Waals surface area contributed by atoms with Gasteiger partial charge in [0.25, 0.3) is 0 Å². The monoisotopic (exact) mass is 201 g/mol. The zero-order chi connectivity index (χ0) is 9.68. The molecular formula is C8H15N3OS. The van der Waals surface area contributed by atoms with Crippen molar-refractivity contribution in [1.29, 1.82) is 0 Å². The zero-order valence-corrected chi connectivity index (χ0v) is 8.80. The largest absolute Gasteiger partial charge is 0.337 e. The van der Waals surface area contributed by atoms with E-state index in [-0.39, 0.29) is 0 Å². The number of hydrogen-bond acceptors (Lipinski definition) is 3. The van der Waals surface area contributed by atoms with Crippen molar-refractivity contribution in [2.45, 2.75) is 6.54 Å². The summed E-state index contributed by atoms with van der Waals surface area (Å²) in [4.78, 5) is 4.16. The lowest BCUT2D eigenvalue weighted by Gasteiger charge is -2.03. The van der Waals surface area contributed by atoms with Crippen LogP contribution in [0.5, 0.6) is 0 Å². The third-order valence-electron chi connectivity index (χ3n) is 1.77. The van der Waals surface area contributed by atoms with Gasteiger partial charge in [-0.15, -0.1) is 0 Å². The molecule has 1 heterocycles. The maximum absolute atomic E-state index is 10.7. The van der Waals surface area contributed by atoms with Crippen LogP contribution in [-0.2, 0) is 24.4 Å². The fourth-order valence-electron chi connectivity index (χ4n) is 0.983. The first-order valence-electron chi connectivity index (χ1n) is 4.17. The van der Waals surface area contributed by atoms with Gasteiger partial charge in [-0.2, -0.15) is 0 Å². The van der Waals surface area contributed by atoms with Crippen LogP contribution < -0.4 is 5.32 Å². The highest BCUT2D eigenvalue weighted by atomic mass is 32.2. The van der Waals surface area contributed by atoms with Crippen LogP contribution in [0.1, 0.15) is 5.82 Å². The number of aromatic nitrogens is 2. The van der Waals surface area contributed by atoms with E-state index in [1.807, 2.05) is 17.8 Å². The van der Waals surface area contributed by atoms with Crippen LogP contribution in [0.2, 0.25) is 0 Å². The topological polar surface area (TPSA) is 46.9 Å². The van der Waals surface area contributed by atoms with E-state index in [4.69, 9.17) is 0 Å². The van der Waals surface area contributed by atoms with Crippen molar-refractivity contribution >= 4 is 10.8 Å². The summed E-state index contributed by atoms with van der Waals surface area (Å²) >= 11 is 0. The van der Waals surface area contributed by atoms with Crippen LogP contribution in [0.3, 0.4) is 0 Å². The van der Waals surface area contributed by atoms with Gasteiger partial charge in [0.15, 0.2) is 0 Å². The molecule has 0 aliphatic rings. The molecule has 0 amide bonds. The first kappa shape index (κ1) is 10.4. The molecule has 4 nitrogen and oxygen atoms in total. The number of nitrogens with zero attached hydrogens (tertiary/aromatic N) is 2. The maximum Gasteiger partial charge on any atom is 0.122 e. The van der Waals surface area contributed by atoms with Crippen molar-refractivity contribution in [2.75, 3.05) is 18.6 Å². The van der Waals surface area contributed by atoms with Gasteiger partial charge < -0.3 is 9.88 Å². The Morgan fingerprint density at radius 2 is 2.46 bits per heavy atom. The average molecular weight is 201 g/mol. The summed E-state index contributed by atoms with van der Waals surface area (Å²) in [6.45, 7) is 1.51. The molecule has 1 aromatic rings. The first-order valence-corrected chi connectivity index (χ1v) is 5.90. The molecule has 13 heavy (non-hydrogen) atoms. The zero-order valence-electron chi connectivity index (χ0n) is 7.99. The predicted octanol–water partition coefficient (Wildman–Crippen LogP) is -0.112. The Balaban J connectivity index is 2.20. The van der Waals surface area contributed by atoms with Gasteiger partial charge in [-0.25, -0.2) is 4.98 Å². The van der Waals surface area contributed by atoms with Crippen molar-refractivity contribution in [3.63, 3.8) is 0 Å². The summed E-state index contributed by atoms with van der Waals surface area (Å²) in [6, 6.07) is 0. The molecule has 0 fully saturated rings. The minimum Gasteiger partial charge on any atom is -0.337 e. The van der Waals surface area contributed by atoms with Crippen molar-refractivity contribution < 1.29 is 4.21 Å². The molecule has 1 atom stereocenters. The number of aryl methyl sites for hydroxylation is 1.